The molecule has 0 spiro atoms. The molecule has 0 atom stereocenters. The van der Waals surface area contributed by atoms with Crippen molar-refractivity contribution in [2.24, 2.45) is 5.10 Å². The van der Waals surface area contributed by atoms with Crippen LogP contribution >= 0.6 is 15.9 Å². The average molecular weight is 467 g/mol. The third-order valence-corrected chi connectivity index (χ3v) is 4.70. The van der Waals surface area contributed by atoms with Crippen LogP contribution in [0.3, 0.4) is 0 Å². The van der Waals surface area contributed by atoms with Gasteiger partial charge in [0.25, 0.3) is 17.5 Å². The molecule has 0 unspecified atom stereocenters. The Morgan fingerprint density at radius 2 is 1.60 bits per heavy atom. The van der Waals surface area contributed by atoms with Gasteiger partial charge in [0.1, 0.15) is 0 Å². The molecule has 30 heavy (non-hydrogen) atoms. The first-order valence-electron chi connectivity index (χ1n) is 8.68. The topological polar surface area (TPSA) is 114 Å². The van der Waals surface area contributed by atoms with Crippen LogP contribution in [0.15, 0.2) is 82.4 Å². The van der Waals surface area contributed by atoms with Crippen molar-refractivity contribution >= 4 is 45.3 Å². The van der Waals surface area contributed by atoms with E-state index in [0.717, 1.165) is 0 Å². The molecule has 2 N–H and O–H groups in total. The summed E-state index contributed by atoms with van der Waals surface area (Å²) in [5.74, 6) is -0.704. The normalized spacial score (nSPS) is 10.6. The van der Waals surface area contributed by atoms with Gasteiger partial charge in [0, 0.05) is 27.9 Å². The highest BCUT2D eigenvalue weighted by Crippen LogP contribution is 2.18. The summed E-state index contributed by atoms with van der Waals surface area (Å²) in [5.41, 5.74) is 4.36. The molecule has 3 rings (SSSR count). The first-order valence-corrected chi connectivity index (χ1v) is 9.47. The summed E-state index contributed by atoms with van der Waals surface area (Å²) >= 11 is 3.33. The van der Waals surface area contributed by atoms with Crippen LogP contribution in [0.2, 0.25) is 0 Å². The van der Waals surface area contributed by atoms with E-state index in [4.69, 9.17) is 0 Å². The van der Waals surface area contributed by atoms with E-state index in [2.05, 4.69) is 31.8 Å². The van der Waals surface area contributed by atoms with Crippen molar-refractivity contribution < 1.29 is 14.5 Å². The second kappa shape index (κ2) is 9.57. The molecular weight excluding hydrogens is 452 g/mol. The monoisotopic (exact) mass is 466 g/mol. The molecule has 0 saturated heterocycles. The van der Waals surface area contributed by atoms with E-state index in [9.17, 15) is 19.7 Å². The molecule has 0 bridgehead atoms. The summed E-state index contributed by atoms with van der Waals surface area (Å²) in [6.45, 7) is 0. The minimum absolute atomic E-state index is 0.0250. The molecule has 0 aliphatic carbocycles. The average Bonchev–Trinajstić information content (AvgIpc) is 2.74. The van der Waals surface area contributed by atoms with Crippen LogP contribution in [-0.4, -0.2) is 23.0 Å². The fourth-order valence-corrected chi connectivity index (χ4v) is 2.93. The van der Waals surface area contributed by atoms with Gasteiger partial charge in [-0.2, -0.15) is 5.10 Å². The number of carbonyl (C=O) groups excluding carboxylic acids is 2. The number of nitrogens with one attached hydrogen (secondary N) is 2. The Kier molecular flexibility index (Phi) is 6.66. The highest BCUT2D eigenvalue weighted by Gasteiger charge is 2.10. The van der Waals surface area contributed by atoms with Gasteiger partial charge in [-0.05, 0) is 70.0 Å². The number of rotatable bonds is 6. The Balaban J connectivity index is 1.57. The van der Waals surface area contributed by atoms with E-state index < -0.39 is 10.8 Å². The van der Waals surface area contributed by atoms with E-state index in [1.807, 2.05) is 6.07 Å². The van der Waals surface area contributed by atoms with Crippen LogP contribution in [0.1, 0.15) is 26.3 Å². The maximum atomic E-state index is 12.3. The van der Waals surface area contributed by atoms with Gasteiger partial charge in [-0.15, -0.1) is 0 Å². The fraction of sp³-hybridized carbons (Fsp3) is 0. The number of benzene rings is 3. The van der Waals surface area contributed by atoms with Crippen LogP contribution in [0.5, 0.6) is 0 Å². The number of non-ortho nitro benzene ring substituents is 1. The maximum Gasteiger partial charge on any atom is 0.271 e. The standard InChI is InChI=1S/C21H15BrN4O4/c22-19-4-2-1-3-18(19)21(28)24-16-9-7-15(8-10-16)20(27)25-23-13-14-5-11-17(12-6-14)26(29)30/h1-13H,(H,24,28)(H,25,27). The summed E-state index contributed by atoms with van der Waals surface area (Å²) < 4.78 is 0.685. The van der Waals surface area contributed by atoms with Crippen LogP contribution in [0.25, 0.3) is 0 Å². The first kappa shape index (κ1) is 20.9. The lowest BCUT2D eigenvalue weighted by atomic mass is 10.1. The zero-order valence-electron chi connectivity index (χ0n) is 15.4. The van der Waals surface area contributed by atoms with Gasteiger partial charge in [-0.3, -0.25) is 19.7 Å². The number of hydrazone groups is 1. The Morgan fingerprint density at radius 1 is 0.933 bits per heavy atom. The lowest BCUT2D eigenvalue weighted by Crippen LogP contribution is -2.18. The molecule has 9 heteroatoms. The molecule has 0 saturated carbocycles. The Morgan fingerprint density at radius 3 is 2.23 bits per heavy atom. The van der Waals surface area contributed by atoms with E-state index in [1.165, 1.54) is 30.5 Å². The number of carbonyl (C=O) groups is 2. The van der Waals surface area contributed by atoms with Gasteiger partial charge in [-0.25, -0.2) is 5.43 Å². The number of hydrogen-bond acceptors (Lipinski definition) is 5. The highest BCUT2D eigenvalue weighted by atomic mass is 79.9. The third-order valence-electron chi connectivity index (χ3n) is 4.01. The number of nitrogens with zero attached hydrogens (tertiary/aromatic N) is 2. The van der Waals surface area contributed by atoms with Crippen molar-refractivity contribution in [3.63, 3.8) is 0 Å². The summed E-state index contributed by atoms with van der Waals surface area (Å²) in [6.07, 6.45) is 1.38. The van der Waals surface area contributed by atoms with Crippen molar-refractivity contribution in [3.05, 3.63) is 104 Å². The number of anilines is 1. The van der Waals surface area contributed by atoms with Gasteiger partial charge in [0.15, 0.2) is 0 Å². The molecule has 0 heterocycles. The minimum atomic E-state index is -0.493. The van der Waals surface area contributed by atoms with Crippen molar-refractivity contribution in [3.8, 4) is 0 Å². The molecule has 0 aliphatic rings. The van der Waals surface area contributed by atoms with Crippen molar-refractivity contribution in [2.45, 2.75) is 0 Å². The minimum Gasteiger partial charge on any atom is -0.322 e. The van der Waals surface area contributed by atoms with Gasteiger partial charge < -0.3 is 5.32 Å². The molecule has 3 aromatic carbocycles. The summed E-state index contributed by atoms with van der Waals surface area (Å²) in [4.78, 5) is 34.6. The zero-order chi connectivity index (χ0) is 21.5. The largest absolute Gasteiger partial charge is 0.322 e. The molecule has 0 fully saturated rings. The van der Waals surface area contributed by atoms with E-state index >= 15 is 0 Å². The molecule has 0 aromatic heterocycles. The Bertz CT molecular complexity index is 1110. The van der Waals surface area contributed by atoms with Crippen LogP contribution in [0.4, 0.5) is 11.4 Å². The molecule has 2 amide bonds. The molecule has 150 valence electrons. The Labute approximate surface area is 179 Å². The van der Waals surface area contributed by atoms with Crippen LogP contribution in [-0.2, 0) is 0 Å². The fourth-order valence-electron chi connectivity index (χ4n) is 2.46. The van der Waals surface area contributed by atoms with E-state index in [0.29, 0.717) is 26.9 Å². The van der Waals surface area contributed by atoms with E-state index in [-0.39, 0.29) is 11.6 Å². The number of nitro benzene ring substituents is 1. The maximum absolute atomic E-state index is 12.3. The predicted molar refractivity (Wildman–Crippen MR) is 117 cm³/mol. The lowest BCUT2D eigenvalue weighted by Gasteiger charge is -2.07. The van der Waals surface area contributed by atoms with Crippen LogP contribution in [0, 0.1) is 10.1 Å². The number of nitro groups is 1. The Hall–Kier alpha value is -3.85. The summed E-state index contributed by atoms with van der Waals surface area (Å²) in [6, 6.07) is 19.2. The van der Waals surface area contributed by atoms with Crippen LogP contribution < -0.4 is 10.7 Å². The van der Waals surface area contributed by atoms with Crippen molar-refractivity contribution in [2.75, 3.05) is 5.32 Å². The molecule has 0 radical (unpaired) electrons. The quantitative estimate of drug-likeness (QED) is 0.318. The number of halogens is 1. The first-order chi connectivity index (χ1) is 14.4. The molecule has 0 aliphatic heterocycles. The number of amides is 2. The van der Waals surface area contributed by atoms with Crippen molar-refractivity contribution in [1.82, 2.24) is 5.43 Å². The SMILES string of the molecule is O=C(NN=Cc1ccc([N+](=O)[O-])cc1)c1ccc(NC(=O)c2ccccc2Br)cc1. The zero-order valence-corrected chi connectivity index (χ0v) is 17.0. The number of hydrogen-bond donors (Lipinski definition) is 2. The molecular formula is C21H15BrN4O4. The van der Waals surface area contributed by atoms with Gasteiger partial charge in [-0.1, -0.05) is 12.1 Å². The lowest BCUT2D eigenvalue weighted by molar-refractivity contribution is -0.384. The second-order valence-corrected chi connectivity index (χ2v) is 6.91. The summed E-state index contributed by atoms with van der Waals surface area (Å²) in [5, 5.41) is 17.2. The molecule has 3 aromatic rings. The van der Waals surface area contributed by atoms with E-state index in [1.54, 1.807) is 42.5 Å². The summed E-state index contributed by atoms with van der Waals surface area (Å²) in [7, 11) is 0. The third kappa shape index (κ3) is 5.36. The highest BCUT2D eigenvalue weighted by molar-refractivity contribution is 9.10. The van der Waals surface area contributed by atoms with Crippen molar-refractivity contribution in [1.29, 1.82) is 0 Å². The second-order valence-electron chi connectivity index (χ2n) is 6.06. The predicted octanol–water partition coefficient (Wildman–Crippen LogP) is 4.37. The smallest absolute Gasteiger partial charge is 0.271 e. The van der Waals surface area contributed by atoms with Gasteiger partial charge in [0.05, 0.1) is 16.7 Å². The van der Waals surface area contributed by atoms with Gasteiger partial charge >= 0.3 is 0 Å². The molecule has 8 nitrogen and oxygen atoms in total. The van der Waals surface area contributed by atoms with Gasteiger partial charge in [0.2, 0.25) is 0 Å².